The average molecular weight is 461 g/mol. The summed E-state index contributed by atoms with van der Waals surface area (Å²) in [4.78, 5) is 28.4. The first-order valence-corrected chi connectivity index (χ1v) is 11.9. The maximum Gasteiger partial charge on any atom is 0.253 e. The lowest BCUT2D eigenvalue weighted by molar-refractivity contribution is -0.122. The van der Waals surface area contributed by atoms with Gasteiger partial charge in [0, 0.05) is 56.9 Å². The molecule has 0 aromatic heterocycles. The number of halogens is 1. The number of rotatable bonds is 5. The number of nitrogens with one attached hydrogen (secondary N) is 1. The van der Waals surface area contributed by atoms with Crippen molar-refractivity contribution in [1.29, 1.82) is 0 Å². The summed E-state index contributed by atoms with van der Waals surface area (Å²) in [6.07, 6.45) is 0. The quantitative estimate of drug-likeness (QED) is 0.716. The summed E-state index contributed by atoms with van der Waals surface area (Å²) in [6, 6.07) is 12.6. The van der Waals surface area contributed by atoms with E-state index in [0.717, 1.165) is 4.31 Å². The number of hydrogen-bond acceptors (Lipinski definition) is 5. The van der Waals surface area contributed by atoms with E-state index in [0.29, 0.717) is 38.3 Å². The first-order chi connectivity index (χ1) is 15.3. The Labute approximate surface area is 186 Å². The summed E-state index contributed by atoms with van der Waals surface area (Å²) >= 11 is 0. The number of sulfonamides is 1. The fourth-order valence-electron chi connectivity index (χ4n) is 3.92. The third-order valence-electron chi connectivity index (χ3n) is 5.73. The van der Waals surface area contributed by atoms with Crippen LogP contribution >= 0.6 is 0 Å². The third-order valence-corrected chi connectivity index (χ3v) is 7.57. The van der Waals surface area contributed by atoms with Gasteiger partial charge in [-0.2, -0.15) is 4.31 Å². The van der Waals surface area contributed by atoms with E-state index in [1.165, 1.54) is 18.2 Å². The molecule has 0 bridgehead atoms. The molecule has 0 unspecified atom stereocenters. The molecule has 0 atom stereocenters. The molecule has 8 nitrogen and oxygen atoms in total. The molecule has 2 saturated heterocycles. The number of carbonyl (C=O) groups is 2. The second kappa shape index (κ2) is 9.35. The molecule has 2 aromatic carbocycles. The van der Waals surface area contributed by atoms with Crippen LogP contribution < -0.4 is 5.32 Å². The zero-order chi connectivity index (χ0) is 22.7. The Morgan fingerprint density at radius 2 is 1.75 bits per heavy atom. The standard InChI is InChI=1S/C22H25FN4O4S/c23-20-7-2-1-4-18(20)15-25-10-12-26(13-11-25)22(29)17-5-3-6-19(14-17)32(30,31)27-9-8-24-21(28)16-27/h1-7,14H,8-13,15-16H2,(H,24,28). The number of carbonyl (C=O) groups excluding carboxylic acids is 2. The summed E-state index contributed by atoms with van der Waals surface area (Å²) in [5.41, 5.74) is 0.909. The smallest absolute Gasteiger partial charge is 0.253 e. The molecule has 0 radical (unpaired) electrons. The zero-order valence-corrected chi connectivity index (χ0v) is 18.4. The van der Waals surface area contributed by atoms with Gasteiger partial charge in [0.05, 0.1) is 11.4 Å². The number of benzene rings is 2. The maximum absolute atomic E-state index is 13.9. The van der Waals surface area contributed by atoms with E-state index in [1.807, 2.05) is 0 Å². The van der Waals surface area contributed by atoms with Crippen LogP contribution in [0.4, 0.5) is 4.39 Å². The molecule has 2 heterocycles. The van der Waals surface area contributed by atoms with Gasteiger partial charge in [0.25, 0.3) is 5.91 Å². The van der Waals surface area contributed by atoms with Crippen molar-refractivity contribution in [3.63, 3.8) is 0 Å². The predicted octanol–water partition coefficient (Wildman–Crippen LogP) is 0.904. The second-order valence-electron chi connectivity index (χ2n) is 7.88. The highest BCUT2D eigenvalue weighted by molar-refractivity contribution is 7.89. The van der Waals surface area contributed by atoms with Gasteiger partial charge in [-0.25, -0.2) is 12.8 Å². The van der Waals surface area contributed by atoms with Crippen LogP contribution in [0.1, 0.15) is 15.9 Å². The molecule has 2 aliphatic rings. The Hall–Kier alpha value is -2.82. The van der Waals surface area contributed by atoms with Crippen LogP contribution in [-0.4, -0.2) is 80.2 Å². The molecule has 0 saturated carbocycles. The molecule has 2 aliphatic heterocycles. The van der Waals surface area contributed by atoms with Crippen LogP contribution in [0.25, 0.3) is 0 Å². The van der Waals surface area contributed by atoms with E-state index >= 15 is 0 Å². The Kier molecular flexibility index (Phi) is 6.54. The van der Waals surface area contributed by atoms with Crippen molar-refractivity contribution in [2.75, 3.05) is 45.8 Å². The highest BCUT2D eigenvalue weighted by atomic mass is 32.2. The molecule has 0 aliphatic carbocycles. The minimum atomic E-state index is -3.87. The van der Waals surface area contributed by atoms with Gasteiger partial charge in [-0.1, -0.05) is 24.3 Å². The van der Waals surface area contributed by atoms with Crippen molar-refractivity contribution in [2.24, 2.45) is 0 Å². The number of piperazine rings is 2. The van der Waals surface area contributed by atoms with Crippen LogP contribution in [0.3, 0.4) is 0 Å². The van der Waals surface area contributed by atoms with Gasteiger partial charge < -0.3 is 10.2 Å². The van der Waals surface area contributed by atoms with Crippen molar-refractivity contribution in [2.45, 2.75) is 11.4 Å². The topological polar surface area (TPSA) is 90.0 Å². The third kappa shape index (κ3) is 4.82. The molecule has 2 fully saturated rings. The summed E-state index contributed by atoms with van der Waals surface area (Å²) < 4.78 is 40.8. The summed E-state index contributed by atoms with van der Waals surface area (Å²) in [5.74, 6) is -0.834. The number of amides is 2. The lowest BCUT2D eigenvalue weighted by Crippen LogP contribution is -2.50. The molecular formula is C22H25FN4O4S. The molecule has 10 heteroatoms. The summed E-state index contributed by atoms with van der Waals surface area (Å²) in [7, 11) is -3.87. The highest BCUT2D eigenvalue weighted by Gasteiger charge is 2.30. The van der Waals surface area contributed by atoms with Crippen LogP contribution in [0.15, 0.2) is 53.4 Å². The number of nitrogens with zero attached hydrogens (tertiary/aromatic N) is 3. The maximum atomic E-state index is 13.9. The molecule has 1 N–H and O–H groups in total. The largest absolute Gasteiger partial charge is 0.354 e. The fourth-order valence-corrected chi connectivity index (χ4v) is 5.36. The van der Waals surface area contributed by atoms with E-state index in [9.17, 15) is 22.4 Å². The van der Waals surface area contributed by atoms with Crippen LogP contribution in [0.2, 0.25) is 0 Å². The first kappa shape index (κ1) is 22.4. The number of hydrogen-bond donors (Lipinski definition) is 1. The van der Waals surface area contributed by atoms with E-state index in [2.05, 4.69) is 10.2 Å². The molecule has 170 valence electrons. The Morgan fingerprint density at radius 3 is 2.47 bits per heavy atom. The van der Waals surface area contributed by atoms with Gasteiger partial charge >= 0.3 is 0 Å². The van der Waals surface area contributed by atoms with Gasteiger partial charge in [0.2, 0.25) is 15.9 Å². The van der Waals surface area contributed by atoms with Crippen molar-refractivity contribution in [1.82, 2.24) is 19.4 Å². The Balaban J connectivity index is 1.41. The van der Waals surface area contributed by atoms with Crippen LogP contribution in [0.5, 0.6) is 0 Å². The van der Waals surface area contributed by atoms with Gasteiger partial charge in [-0.05, 0) is 24.3 Å². The van der Waals surface area contributed by atoms with E-state index in [4.69, 9.17) is 0 Å². The molecular weight excluding hydrogens is 435 g/mol. The SMILES string of the molecule is O=C1CN(S(=O)(=O)c2cccc(C(=O)N3CCN(Cc4ccccc4F)CC3)c2)CCN1. The lowest BCUT2D eigenvalue weighted by Gasteiger charge is -2.35. The van der Waals surface area contributed by atoms with Crippen molar-refractivity contribution in [3.8, 4) is 0 Å². The van der Waals surface area contributed by atoms with Crippen molar-refractivity contribution < 1.29 is 22.4 Å². The minimum Gasteiger partial charge on any atom is -0.354 e. The predicted molar refractivity (Wildman–Crippen MR) is 116 cm³/mol. The van der Waals surface area contributed by atoms with E-state index in [1.54, 1.807) is 35.2 Å². The van der Waals surface area contributed by atoms with E-state index < -0.39 is 10.0 Å². The van der Waals surface area contributed by atoms with Gasteiger partial charge in [0.15, 0.2) is 0 Å². The zero-order valence-electron chi connectivity index (χ0n) is 17.5. The Bertz CT molecular complexity index is 1120. The highest BCUT2D eigenvalue weighted by Crippen LogP contribution is 2.20. The fraction of sp³-hybridized carbons (Fsp3) is 0.364. The van der Waals surface area contributed by atoms with E-state index in [-0.39, 0.29) is 47.7 Å². The molecule has 0 spiro atoms. The monoisotopic (exact) mass is 460 g/mol. The summed E-state index contributed by atoms with van der Waals surface area (Å²) in [6.45, 7) is 2.83. The second-order valence-corrected chi connectivity index (χ2v) is 9.81. The van der Waals surface area contributed by atoms with Crippen molar-refractivity contribution >= 4 is 21.8 Å². The normalized spacial score (nSPS) is 18.4. The van der Waals surface area contributed by atoms with Crippen LogP contribution in [-0.2, 0) is 21.4 Å². The summed E-state index contributed by atoms with van der Waals surface area (Å²) in [5, 5.41) is 2.60. The van der Waals surface area contributed by atoms with Crippen molar-refractivity contribution in [3.05, 3.63) is 65.5 Å². The minimum absolute atomic E-state index is 0.00348. The average Bonchev–Trinajstić information content (AvgIpc) is 2.81. The molecule has 4 rings (SSSR count). The lowest BCUT2D eigenvalue weighted by atomic mass is 10.1. The first-order valence-electron chi connectivity index (χ1n) is 10.5. The van der Waals surface area contributed by atoms with Gasteiger partial charge in [0.1, 0.15) is 5.82 Å². The molecule has 2 aromatic rings. The molecule has 2 amide bonds. The molecule has 32 heavy (non-hydrogen) atoms. The van der Waals surface area contributed by atoms with Gasteiger partial charge in [-0.3, -0.25) is 14.5 Å². The van der Waals surface area contributed by atoms with Crippen LogP contribution in [0, 0.1) is 5.82 Å². The Morgan fingerprint density at radius 1 is 1.00 bits per heavy atom. The van der Waals surface area contributed by atoms with Gasteiger partial charge in [-0.15, -0.1) is 0 Å².